The zero-order valence-electron chi connectivity index (χ0n) is 8.96. The Morgan fingerprint density at radius 1 is 1.19 bits per heavy atom. The summed E-state index contributed by atoms with van der Waals surface area (Å²) in [5, 5.41) is 4.10. The molecule has 0 aromatic heterocycles. The maximum atomic E-state index is 6.10. The predicted octanol–water partition coefficient (Wildman–Crippen LogP) is 2.54. The third-order valence-electron chi connectivity index (χ3n) is 3.11. The van der Waals surface area contributed by atoms with Gasteiger partial charge in [-0.3, -0.25) is 0 Å². The van der Waals surface area contributed by atoms with Crippen LogP contribution in [0.4, 0.5) is 0 Å². The van der Waals surface area contributed by atoms with Crippen molar-refractivity contribution in [3.05, 3.63) is 22.7 Å². The molecule has 0 aliphatic carbocycles. The molecule has 1 fully saturated rings. The number of ether oxygens (including phenoxy) is 2. The maximum Gasteiger partial charge on any atom is 0.180 e. The lowest BCUT2D eigenvalue weighted by molar-refractivity contribution is 0.169. The van der Waals surface area contributed by atoms with Crippen LogP contribution in [-0.4, -0.2) is 19.8 Å². The van der Waals surface area contributed by atoms with Crippen LogP contribution in [0.25, 0.3) is 0 Å². The molecule has 3 nitrogen and oxygen atoms in total. The van der Waals surface area contributed by atoms with Crippen molar-refractivity contribution < 1.29 is 9.47 Å². The summed E-state index contributed by atoms with van der Waals surface area (Å²) in [5.41, 5.74) is 1.18. The van der Waals surface area contributed by atoms with Crippen LogP contribution in [0.3, 0.4) is 0 Å². The van der Waals surface area contributed by atoms with Crippen LogP contribution in [0.5, 0.6) is 11.5 Å². The summed E-state index contributed by atoms with van der Waals surface area (Å²) in [7, 11) is 0. The van der Waals surface area contributed by atoms with Crippen LogP contribution in [0.2, 0.25) is 5.02 Å². The van der Waals surface area contributed by atoms with Gasteiger partial charge in [0.15, 0.2) is 11.5 Å². The molecular formula is C12H14ClNO2. The fourth-order valence-corrected chi connectivity index (χ4v) is 2.55. The van der Waals surface area contributed by atoms with E-state index in [4.69, 9.17) is 21.1 Å². The highest BCUT2D eigenvalue weighted by molar-refractivity contribution is 6.32. The van der Waals surface area contributed by atoms with Crippen LogP contribution in [-0.2, 0) is 0 Å². The number of benzene rings is 1. The van der Waals surface area contributed by atoms with Gasteiger partial charge in [0.05, 0.1) is 5.02 Å². The first-order valence-electron chi connectivity index (χ1n) is 5.67. The van der Waals surface area contributed by atoms with Gasteiger partial charge in [-0.25, -0.2) is 0 Å². The van der Waals surface area contributed by atoms with Gasteiger partial charge in [-0.2, -0.15) is 0 Å². The molecule has 16 heavy (non-hydrogen) atoms. The molecule has 1 saturated heterocycles. The molecular weight excluding hydrogens is 226 g/mol. The molecule has 0 bridgehead atoms. The molecule has 1 aromatic rings. The van der Waals surface area contributed by atoms with E-state index in [-0.39, 0.29) is 0 Å². The molecule has 86 valence electrons. The van der Waals surface area contributed by atoms with Crippen molar-refractivity contribution in [3.8, 4) is 11.5 Å². The third kappa shape index (κ3) is 1.64. The molecule has 0 saturated carbocycles. The van der Waals surface area contributed by atoms with E-state index in [0.717, 1.165) is 18.7 Å². The zero-order valence-corrected chi connectivity index (χ0v) is 9.72. The number of hydrogen-bond acceptors (Lipinski definition) is 3. The Bertz CT molecular complexity index is 402. The highest BCUT2D eigenvalue weighted by atomic mass is 35.5. The van der Waals surface area contributed by atoms with E-state index in [1.807, 2.05) is 12.1 Å². The summed E-state index contributed by atoms with van der Waals surface area (Å²) < 4.78 is 11.3. The van der Waals surface area contributed by atoms with Crippen molar-refractivity contribution in [1.82, 2.24) is 5.32 Å². The summed E-state index contributed by atoms with van der Waals surface area (Å²) in [5.74, 6) is 1.54. The topological polar surface area (TPSA) is 30.5 Å². The summed E-state index contributed by atoms with van der Waals surface area (Å²) in [4.78, 5) is 0. The Hall–Kier alpha value is -0.930. The number of hydrogen-bond donors (Lipinski definition) is 1. The van der Waals surface area contributed by atoms with Crippen molar-refractivity contribution in [1.29, 1.82) is 0 Å². The van der Waals surface area contributed by atoms with Gasteiger partial charge >= 0.3 is 0 Å². The van der Waals surface area contributed by atoms with Gasteiger partial charge in [-0.15, -0.1) is 0 Å². The summed E-state index contributed by atoms with van der Waals surface area (Å²) >= 11 is 6.10. The second-order valence-corrected chi connectivity index (χ2v) is 4.55. The van der Waals surface area contributed by atoms with E-state index in [1.165, 1.54) is 12.0 Å². The number of halogens is 1. The molecule has 1 N–H and O–H groups in total. The van der Waals surface area contributed by atoms with E-state index < -0.39 is 0 Å². The van der Waals surface area contributed by atoms with Crippen LogP contribution < -0.4 is 14.8 Å². The lowest BCUT2D eigenvalue weighted by Gasteiger charge is -2.24. The van der Waals surface area contributed by atoms with E-state index in [1.54, 1.807) is 0 Å². The maximum absolute atomic E-state index is 6.10. The second-order valence-electron chi connectivity index (χ2n) is 4.14. The molecule has 2 heterocycles. The van der Waals surface area contributed by atoms with Crippen molar-refractivity contribution in [3.63, 3.8) is 0 Å². The number of rotatable bonds is 1. The van der Waals surface area contributed by atoms with E-state index in [0.29, 0.717) is 30.0 Å². The monoisotopic (exact) mass is 239 g/mol. The molecule has 1 unspecified atom stereocenters. The largest absolute Gasteiger partial charge is 0.486 e. The first-order chi connectivity index (χ1) is 7.86. The average molecular weight is 240 g/mol. The Labute approximate surface area is 99.7 Å². The van der Waals surface area contributed by atoms with Gasteiger partial charge in [0.25, 0.3) is 0 Å². The Kier molecular flexibility index (Phi) is 2.65. The zero-order chi connectivity index (χ0) is 11.0. The second kappa shape index (κ2) is 4.15. The molecule has 0 amide bonds. The molecule has 1 aromatic carbocycles. The first kappa shape index (κ1) is 10.2. The van der Waals surface area contributed by atoms with Crippen LogP contribution in [0, 0.1) is 0 Å². The summed E-state index contributed by atoms with van der Waals surface area (Å²) in [6.07, 6.45) is 2.36. The molecule has 3 rings (SSSR count). The minimum absolute atomic E-state index is 0.382. The fourth-order valence-electron chi connectivity index (χ4n) is 2.35. The van der Waals surface area contributed by atoms with E-state index >= 15 is 0 Å². The van der Waals surface area contributed by atoms with Crippen LogP contribution >= 0.6 is 11.6 Å². The van der Waals surface area contributed by atoms with Crippen molar-refractivity contribution in [2.24, 2.45) is 0 Å². The molecule has 2 aliphatic rings. The lowest BCUT2D eigenvalue weighted by Crippen LogP contribution is -2.20. The van der Waals surface area contributed by atoms with E-state index in [2.05, 4.69) is 5.32 Å². The van der Waals surface area contributed by atoms with Gasteiger partial charge in [0.1, 0.15) is 13.2 Å². The standard InChI is InChI=1S/C12H14ClNO2/c13-9-4-3-8(10-2-1-5-14-10)11-12(9)16-7-6-15-11/h3-4,10,14H,1-2,5-7H2. The Morgan fingerprint density at radius 2 is 2.00 bits per heavy atom. The summed E-state index contributed by atoms with van der Waals surface area (Å²) in [6.45, 7) is 2.25. The Balaban J connectivity index is 2.04. The van der Waals surface area contributed by atoms with Crippen molar-refractivity contribution >= 4 is 11.6 Å². The fraction of sp³-hybridized carbons (Fsp3) is 0.500. The SMILES string of the molecule is Clc1ccc(C2CCCN2)c2c1OCCO2. The summed E-state index contributed by atoms with van der Waals surface area (Å²) in [6, 6.07) is 4.32. The minimum Gasteiger partial charge on any atom is -0.486 e. The molecule has 1 atom stereocenters. The average Bonchev–Trinajstić information content (AvgIpc) is 2.83. The lowest BCUT2D eigenvalue weighted by atomic mass is 10.0. The normalized spacial score (nSPS) is 23.4. The van der Waals surface area contributed by atoms with Crippen LogP contribution in [0.15, 0.2) is 12.1 Å². The highest BCUT2D eigenvalue weighted by Crippen LogP contribution is 2.43. The molecule has 0 radical (unpaired) electrons. The quantitative estimate of drug-likeness (QED) is 0.817. The van der Waals surface area contributed by atoms with Crippen molar-refractivity contribution in [2.75, 3.05) is 19.8 Å². The van der Waals surface area contributed by atoms with Crippen molar-refractivity contribution in [2.45, 2.75) is 18.9 Å². The first-order valence-corrected chi connectivity index (χ1v) is 6.05. The smallest absolute Gasteiger partial charge is 0.180 e. The number of fused-ring (bicyclic) bond motifs is 1. The van der Waals surface area contributed by atoms with Gasteiger partial charge in [-0.1, -0.05) is 17.7 Å². The predicted molar refractivity (Wildman–Crippen MR) is 62.4 cm³/mol. The molecule has 2 aliphatic heterocycles. The highest BCUT2D eigenvalue weighted by Gasteiger charge is 2.25. The number of nitrogens with one attached hydrogen (secondary N) is 1. The van der Waals surface area contributed by atoms with Gasteiger partial charge in [-0.05, 0) is 25.5 Å². The van der Waals surface area contributed by atoms with Crippen LogP contribution in [0.1, 0.15) is 24.4 Å². The van der Waals surface area contributed by atoms with Gasteiger partial charge in [0, 0.05) is 11.6 Å². The van der Waals surface area contributed by atoms with E-state index in [9.17, 15) is 0 Å². The Morgan fingerprint density at radius 3 is 2.75 bits per heavy atom. The van der Waals surface area contributed by atoms with Gasteiger partial charge in [0.2, 0.25) is 0 Å². The van der Waals surface area contributed by atoms with Gasteiger partial charge < -0.3 is 14.8 Å². The third-order valence-corrected chi connectivity index (χ3v) is 3.40. The molecule has 4 heteroatoms. The molecule has 0 spiro atoms. The minimum atomic E-state index is 0.382.